The van der Waals surface area contributed by atoms with Crippen molar-refractivity contribution >= 4 is 5.96 Å². The van der Waals surface area contributed by atoms with E-state index in [0.717, 1.165) is 50.1 Å². The van der Waals surface area contributed by atoms with Gasteiger partial charge in [0.1, 0.15) is 5.75 Å². The fourth-order valence-electron chi connectivity index (χ4n) is 2.80. The van der Waals surface area contributed by atoms with E-state index in [1.807, 2.05) is 25.2 Å². The lowest BCUT2D eigenvalue weighted by Gasteiger charge is -2.29. The standard InChI is InChI=1S/C18H30N4O2/c1-5-19-18(20-12-16-14-21(2)10-11-24-16)22(3)13-15-8-6-7-9-17(15)23-4/h6-9,16H,5,10-14H2,1-4H3,(H,19,20). The van der Waals surface area contributed by atoms with Gasteiger partial charge >= 0.3 is 0 Å². The van der Waals surface area contributed by atoms with Crippen LogP contribution in [0.4, 0.5) is 0 Å². The van der Waals surface area contributed by atoms with E-state index in [4.69, 9.17) is 14.5 Å². The molecule has 0 saturated carbocycles. The van der Waals surface area contributed by atoms with Gasteiger partial charge in [-0.15, -0.1) is 0 Å². The van der Waals surface area contributed by atoms with E-state index >= 15 is 0 Å². The molecule has 24 heavy (non-hydrogen) atoms. The normalized spacial score (nSPS) is 19.2. The van der Waals surface area contributed by atoms with Gasteiger partial charge in [0, 0.05) is 38.8 Å². The number of aliphatic imine (C=N–C) groups is 1. The molecule has 1 aromatic carbocycles. The molecule has 134 valence electrons. The summed E-state index contributed by atoms with van der Waals surface area (Å²) in [7, 11) is 5.87. The Labute approximate surface area is 145 Å². The van der Waals surface area contributed by atoms with Gasteiger partial charge in [-0.05, 0) is 20.0 Å². The number of ether oxygens (including phenoxy) is 2. The second-order valence-electron chi connectivity index (χ2n) is 6.12. The molecule has 1 N–H and O–H groups in total. The van der Waals surface area contributed by atoms with Gasteiger partial charge in [-0.1, -0.05) is 18.2 Å². The topological polar surface area (TPSA) is 49.3 Å². The summed E-state index contributed by atoms with van der Waals surface area (Å²) in [5, 5.41) is 3.36. The minimum Gasteiger partial charge on any atom is -0.496 e. The summed E-state index contributed by atoms with van der Waals surface area (Å²) in [6, 6.07) is 8.08. The van der Waals surface area contributed by atoms with Crippen LogP contribution in [0.5, 0.6) is 5.75 Å². The first kappa shape index (κ1) is 18.5. The third-order valence-corrected chi connectivity index (χ3v) is 4.08. The molecule has 6 heteroatoms. The average Bonchev–Trinajstić information content (AvgIpc) is 2.59. The largest absolute Gasteiger partial charge is 0.496 e. The first-order valence-corrected chi connectivity index (χ1v) is 8.55. The van der Waals surface area contributed by atoms with Crippen molar-refractivity contribution in [2.75, 3.05) is 54.0 Å². The maximum atomic E-state index is 5.80. The first-order chi connectivity index (χ1) is 11.6. The zero-order valence-corrected chi connectivity index (χ0v) is 15.3. The summed E-state index contributed by atoms with van der Waals surface area (Å²) < 4.78 is 11.2. The molecule has 0 aliphatic carbocycles. The predicted molar refractivity (Wildman–Crippen MR) is 97.7 cm³/mol. The Bertz CT molecular complexity index is 536. The Morgan fingerprint density at radius 2 is 2.25 bits per heavy atom. The third-order valence-electron chi connectivity index (χ3n) is 4.08. The zero-order valence-electron chi connectivity index (χ0n) is 15.3. The van der Waals surface area contributed by atoms with Crippen LogP contribution in [0.2, 0.25) is 0 Å². The molecule has 0 bridgehead atoms. The number of hydrogen-bond donors (Lipinski definition) is 1. The average molecular weight is 334 g/mol. The van der Waals surface area contributed by atoms with Crippen molar-refractivity contribution in [3.05, 3.63) is 29.8 Å². The smallest absolute Gasteiger partial charge is 0.194 e. The van der Waals surface area contributed by atoms with Crippen LogP contribution in [0.1, 0.15) is 12.5 Å². The second-order valence-corrected chi connectivity index (χ2v) is 6.12. The van der Waals surface area contributed by atoms with Crippen molar-refractivity contribution in [1.82, 2.24) is 15.1 Å². The molecular weight excluding hydrogens is 304 g/mol. The molecule has 0 aromatic heterocycles. The highest BCUT2D eigenvalue weighted by atomic mass is 16.5. The molecular formula is C18H30N4O2. The van der Waals surface area contributed by atoms with Gasteiger partial charge < -0.3 is 24.6 Å². The Morgan fingerprint density at radius 1 is 1.46 bits per heavy atom. The summed E-state index contributed by atoms with van der Waals surface area (Å²) in [5.74, 6) is 1.79. The molecule has 1 aromatic rings. The number of hydrogen-bond acceptors (Lipinski definition) is 4. The summed E-state index contributed by atoms with van der Waals surface area (Å²) in [5.41, 5.74) is 1.14. The van der Waals surface area contributed by atoms with Gasteiger partial charge in [0.2, 0.25) is 0 Å². The van der Waals surface area contributed by atoms with Crippen LogP contribution in [0.15, 0.2) is 29.3 Å². The summed E-state index contributed by atoms with van der Waals surface area (Å²) in [6.45, 7) is 7.03. The molecule has 0 spiro atoms. The van der Waals surface area contributed by atoms with Crippen molar-refractivity contribution in [1.29, 1.82) is 0 Å². The third kappa shape index (κ3) is 5.39. The molecule has 1 atom stereocenters. The van der Waals surface area contributed by atoms with Gasteiger partial charge in [-0.25, -0.2) is 0 Å². The summed E-state index contributed by atoms with van der Waals surface area (Å²) in [6.07, 6.45) is 0.164. The molecule has 1 unspecified atom stereocenters. The quantitative estimate of drug-likeness (QED) is 0.630. The van der Waals surface area contributed by atoms with Crippen LogP contribution in [-0.2, 0) is 11.3 Å². The van der Waals surface area contributed by atoms with Gasteiger partial charge in [-0.2, -0.15) is 0 Å². The van der Waals surface area contributed by atoms with E-state index in [0.29, 0.717) is 6.54 Å². The van der Waals surface area contributed by atoms with E-state index < -0.39 is 0 Å². The van der Waals surface area contributed by atoms with Crippen molar-refractivity contribution < 1.29 is 9.47 Å². The number of morpholine rings is 1. The number of likely N-dealkylation sites (N-methyl/N-ethyl adjacent to an activating group) is 1. The lowest BCUT2D eigenvalue weighted by Crippen LogP contribution is -2.43. The van der Waals surface area contributed by atoms with E-state index in [-0.39, 0.29) is 6.10 Å². The number of para-hydroxylation sites is 1. The Morgan fingerprint density at radius 3 is 2.96 bits per heavy atom. The molecule has 0 radical (unpaired) electrons. The van der Waals surface area contributed by atoms with Crippen LogP contribution in [-0.4, -0.2) is 75.9 Å². The fraction of sp³-hybridized carbons (Fsp3) is 0.611. The van der Waals surface area contributed by atoms with Crippen LogP contribution in [0.3, 0.4) is 0 Å². The minimum atomic E-state index is 0.164. The van der Waals surface area contributed by atoms with Gasteiger partial charge in [0.25, 0.3) is 0 Å². The van der Waals surface area contributed by atoms with Crippen molar-refractivity contribution in [3.63, 3.8) is 0 Å². The summed E-state index contributed by atoms with van der Waals surface area (Å²) in [4.78, 5) is 9.17. The van der Waals surface area contributed by atoms with E-state index in [1.54, 1.807) is 7.11 Å². The number of guanidine groups is 1. The highest BCUT2D eigenvalue weighted by molar-refractivity contribution is 5.79. The Hall–Kier alpha value is -1.79. The van der Waals surface area contributed by atoms with Crippen molar-refractivity contribution in [2.24, 2.45) is 4.99 Å². The lowest BCUT2D eigenvalue weighted by atomic mass is 10.2. The molecule has 1 saturated heterocycles. The van der Waals surface area contributed by atoms with E-state index in [1.165, 1.54) is 0 Å². The SMILES string of the molecule is CCNC(=NCC1CN(C)CCO1)N(C)Cc1ccccc1OC. The monoisotopic (exact) mass is 334 g/mol. The maximum absolute atomic E-state index is 5.80. The number of rotatable bonds is 6. The molecule has 1 aliphatic heterocycles. The van der Waals surface area contributed by atoms with Crippen LogP contribution in [0.25, 0.3) is 0 Å². The number of benzene rings is 1. The molecule has 1 fully saturated rings. The van der Waals surface area contributed by atoms with E-state index in [2.05, 4.69) is 35.2 Å². The van der Waals surface area contributed by atoms with Gasteiger partial charge in [0.05, 0.1) is 26.4 Å². The van der Waals surface area contributed by atoms with E-state index in [9.17, 15) is 0 Å². The highest BCUT2D eigenvalue weighted by Gasteiger charge is 2.18. The molecule has 1 heterocycles. The Balaban J connectivity index is 2.01. The fourth-order valence-corrected chi connectivity index (χ4v) is 2.80. The predicted octanol–water partition coefficient (Wildman–Crippen LogP) is 1.42. The summed E-state index contributed by atoms with van der Waals surface area (Å²) >= 11 is 0. The lowest BCUT2D eigenvalue weighted by molar-refractivity contribution is -0.0137. The maximum Gasteiger partial charge on any atom is 0.194 e. The zero-order chi connectivity index (χ0) is 17.4. The number of nitrogens with zero attached hydrogens (tertiary/aromatic N) is 3. The molecule has 2 rings (SSSR count). The van der Waals surface area contributed by atoms with Gasteiger partial charge in [0.15, 0.2) is 5.96 Å². The van der Waals surface area contributed by atoms with Gasteiger partial charge in [-0.3, -0.25) is 4.99 Å². The number of methoxy groups -OCH3 is 1. The first-order valence-electron chi connectivity index (χ1n) is 8.55. The van der Waals surface area contributed by atoms with Crippen LogP contribution in [0, 0.1) is 0 Å². The Kier molecular flexibility index (Phi) is 7.34. The molecule has 6 nitrogen and oxygen atoms in total. The molecule has 0 amide bonds. The van der Waals surface area contributed by atoms with Crippen LogP contribution < -0.4 is 10.1 Å². The van der Waals surface area contributed by atoms with Crippen molar-refractivity contribution in [2.45, 2.75) is 19.6 Å². The van der Waals surface area contributed by atoms with Crippen molar-refractivity contribution in [3.8, 4) is 5.75 Å². The highest BCUT2D eigenvalue weighted by Crippen LogP contribution is 2.18. The molecule has 1 aliphatic rings. The minimum absolute atomic E-state index is 0.164. The number of nitrogens with one attached hydrogen (secondary N) is 1. The van der Waals surface area contributed by atoms with Crippen LogP contribution >= 0.6 is 0 Å². The second kappa shape index (κ2) is 9.49.